The first-order valence-corrected chi connectivity index (χ1v) is 35.6. The van der Waals surface area contributed by atoms with Crippen LogP contribution in [0.2, 0.25) is 0 Å². The number of aliphatic hydroxyl groups is 8. The minimum atomic E-state index is -5.24. The Kier molecular flexibility index (Phi) is 36.7. The summed E-state index contributed by atoms with van der Waals surface area (Å²) < 4.78 is 78.2. The number of carbonyl (C=O) groups is 9. The number of nitrogens with one attached hydrogen (secondary N) is 7. The van der Waals surface area contributed by atoms with E-state index in [0.717, 1.165) is 18.6 Å². The third kappa shape index (κ3) is 26.8. The molecule has 0 bridgehead atoms. The van der Waals surface area contributed by atoms with Gasteiger partial charge >= 0.3 is 41.6 Å². The van der Waals surface area contributed by atoms with E-state index in [2.05, 4.69) is 42.1 Å². The molecule has 42 heteroatoms. The van der Waals surface area contributed by atoms with Gasteiger partial charge in [-0.05, 0) is 31.0 Å². The van der Waals surface area contributed by atoms with E-state index in [9.17, 15) is 97.0 Å². The summed E-state index contributed by atoms with van der Waals surface area (Å²) in [5.41, 5.74) is 0.0811. The Morgan fingerprint density at radius 1 is 0.711 bits per heavy atom. The van der Waals surface area contributed by atoms with Gasteiger partial charge in [0.2, 0.25) is 11.8 Å². The van der Waals surface area contributed by atoms with Crippen LogP contribution in [-0.4, -0.2) is 318 Å². The molecule has 1 aromatic rings. The molecule has 0 aromatic heterocycles. The quantitative estimate of drug-likeness (QED) is 0.00549. The number of hydrogen-bond acceptors (Lipinski definition) is 32. The standard InChI is InChI=1S/C55H84N8O29S4.Na/c64-24-33-47(43(70)45(72)53(78)90-33)88-26-30(27-89-48-34(25-65)91-54(79)46(73)44(48)71)59-49(74)29-4-3-5-31(22-29)87-19-18-86-17-16-85-15-14-84-13-11-58-51(76)42(50(75)57-10-8-40(69)92-63-39(68)23-36(52(63)77)96(81,82)83)61-38(67)9-20-94-95-21-12-56-37(66)7-2-1-6-35-41-32(28-93-35)60-55(80)62-41;/h3-5,22,30,32-36,41-48,53-54,64-65,70-73,78-79H,1-2,6-21,23-28H2,(H,56,66)(H,57,75)(H,58,76)(H,59,74)(H,61,67)(H2,60,62,80)(H,81,82,83);/q;+1/p-1/t32?,33-,34-,35?,36?,41?,42?,43-,44-,45+,46+,47-,48-,53+,54+;/m1./s1. The summed E-state index contributed by atoms with van der Waals surface area (Å²) in [5, 5.41) is 97.4. The molecule has 5 saturated heterocycles. The summed E-state index contributed by atoms with van der Waals surface area (Å²) >= 11 is 1.81. The SMILES string of the molecule is O=C(CCCCC1SCC2NC(=O)NC21)NCCSSCCC(=O)NC(C(=O)NCCOCCOCCOCCOc1cccc(C(=O)NC(CO[C@H]2[C@H](O)[C@H](O)[C@@H](O)O[C@@H]2CO)CO[C@H]2[C@H](O)[C@H](O)[C@@H](O)O[C@@H]2CO)c1)C(=O)NCCC(=O)ON1C(=O)CC(S(=O)(=O)[O-])C1=O.[Na+]. The Morgan fingerprint density at radius 2 is 1.31 bits per heavy atom. The van der Waals surface area contributed by atoms with Crippen molar-refractivity contribution in [2.75, 3.05) is 110 Å². The molecule has 542 valence electrons. The molecule has 37 nitrogen and oxygen atoms in total. The molecule has 5 fully saturated rings. The molecule has 0 spiro atoms. The number of hydrogen-bond donors (Lipinski definition) is 15. The van der Waals surface area contributed by atoms with Crippen LogP contribution in [0.15, 0.2) is 24.3 Å². The maximum Gasteiger partial charge on any atom is 1.00 e. The van der Waals surface area contributed by atoms with Crippen molar-refractivity contribution in [1.29, 1.82) is 0 Å². The van der Waals surface area contributed by atoms with Crippen molar-refractivity contribution in [3.63, 3.8) is 0 Å². The van der Waals surface area contributed by atoms with Gasteiger partial charge in [0.25, 0.3) is 29.5 Å². The van der Waals surface area contributed by atoms with Gasteiger partial charge in [-0.15, -0.1) is 5.06 Å². The number of rotatable bonds is 43. The molecule has 5 unspecified atom stereocenters. The Bertz CT molecular complexity index is 2810. The molecule has 97 heavy (non-hydrogen) atoms. The van der Waals surface area contributed by atoms with Crippen LogP contribution < -0.4 is 71.5 Å². The third-order valence-corrected chi connectivity index (χ3v) is 20.0. The monoisotopic (exact) mass is 1470 g/mol. The van der Waals surface area contributed by atoms with Crippen molar-refractivity contribution >= 4 is 96.8 Å². The van der Waals surface area contributed by atoms with E-state index in [4.69, 9.17) is 37.9 Å². The average molecular weight is 1470 g/mol. The average Bonchev–Trinajstić information content (AvgIpc) is 1.79. The molecule has 0 radical (unpaired) electrons. The number of urea groups is 1. The van der Waals surface area contributed by atoms with Gasteiger partial charge in [-0.2, -0.15) is 11.8 Å². The van der Waals surface area contributed by atoms with Crippen molar-refractivity contribution in [2.24, 2.45) is 0 Å². The summed E-state index contributed by atoms with van der Waals surface area (Å²) in [7, 11) is -2.54. The van der Waals surface area contributed by atoms with Crippen LogP contribution in [0.3, 0.4) is 0 Å². The molecule has 15 N–H and O–H groups in total. The van der Waals surface area contributed by atoms with Gasteiger partial charge in [-0.25, -0.2) is 18.0 Å². The van der Waals surface area contributed by atoms with Crippen molar-refractivity contribution in [1.82, 2.24) is 42.3 Å². The van der Waals surface area contributed by atoms with Crippen LogP contribution in [0, 0.1) is 0 Å². The number of amides is 9. The fourth-order valence-corrected chi connectivity index (χ4v) is 14.1. The van der Waals surface area contributed by atoms with Gasteiger partial charge in [0.1, 0.15) is 76.6 Å². The van der Waals surface area contributed by atoms with E-state index >= 15 is 0 Å². The predicted molar refractivity (Wildman–Crippen MR) is 330 cm³/mol. The molecule has 0 aliphatic carbocycles. The molecule has 5 aliphatic rings. The molecular formula is C55H83N8NaO29S4. The van der Waals surface area contributed by atoms with Gasteiger partial charge in [0.05, 0.1) is 97.0 Å². The van der Waals surface area contributed by atoms with E-state index in [-0.39, 0.29) is 135 Å². The fourth-order valence-electron chi connectivity index (χ4n) is 10.0. The van der Waals surface area contributed by atoms with E-state index in [1.165, 1.54) is 39.8 Å². The number of thioether (sulfide) groups is 1. The second-order valence-corrected chi connectivity index (χ2v) is 27.6. The number of fused-ring (bicyclic) bond motifs is 1. The first kappa shape index (κ1) is 83.3. The predicted octanol–water partition coefficient (Wildman–Crippen LogP) is -10.3. The van der Waals surface area contributed by atoms with Gasteiger partial charge in [-0.3, -0.25) is 33.6 Å². The first-order valence-electron chi connectivity index (χ1n) is 30.6. The van der Waals surface area contributed by atoms with Crippen LogP contribution in [0.25, 0.3) is 0 Å². The minimum absolute atomic E-state index is 0. The third-order valence-electron chi connectivity index (χ3n) is 15.0. The van der Waals surface area contributed by atoms with Gasteiger partial charge in [0, 0.05) is 60.5 Å². The molecule has 9 amide bonds. The van der Waals surface area contributed by atoms with Crippen LogP contribution in [0.5, 0.6) is 5.75 Å². The van der Waals surface area contributed by atoms with Crippen LogP contribution in [0.1, 0.15) is 55.3 Å². The summed E-state index contributed by atoms with van der Waals surface area (Å²) in [5.74, 6) is -5.75. The number of carbonyl (C=O) groups excluding carboxylic acids is 9. The molecule has 0 saturated carbocycles. The van der Waals surface area contributed by atoms with Crippen molar-refractivity contribution in [3.8, 4) is 5.75 Å². The van der Waals surface area contributed by atoms with E-state index in [0.29, 0.717) is 30.4 Å². The van der Waals surface area contributed by atoms with Crippen LogP contribution >= 0.6 is 33.3 Å². The molecule has 6 rings (SSSR count). The normalized spacial score (nSPS) is 26.5. The second-order valence-electron chi connectivity index (χ2n) is 22.1. The zero-order valence-electron chi connectivity index (χ0n) is 52.7. The van der Waals surface area contributed by atoms with E-state index < -0.39 is 176 Å². The number of imide groups is 1. The maximum absolute atomic E-state index is 13.6. The molecule has 5 aliphatic heterocycles. The number of ether oxygens (including phenoxy) is 8. The van der Waals surface area contributed by atoms with Crippen LogP contribution in [-0.2, 0) is 81.7 Å². The zero-order valence-corrected chi connectivity index (χ0v) is 58.0. The minimum Gasteiger partial charge on any atom is -0.747 e. The molecule has 1 aromatic carbocycles. The zero-order chi connectivity index (χ0) is 69.9. The first-order chi connectivity index (χ1) is 45.9. The maximum atomic E-state index is 13.6. The Morgan fingerprint density at radius 3 is 1.92 bits per heavy atom. The molecule has 15 atom stereocenters. The van der Waals surface area contributed by atoms with Crippen LogP contribution in [0.4, 0.5) is 4.79 Å². The van der Waals surface area contributed by atoms with Gasteiger partial charge in [-0.1, -0.05) is 34.1 Å². The summed E-state index contributed by atoms with van der Waals surface area (Å²) in [4.78, 5) is 119. The van der Waals surface area contributed by atoms with E-state index in [1.807, 2.05) is 11.8 Å². The van der Waals surface area contributed by atoms with E-state index in [1.54, 1.807) is 6.07 Å². The van der Waals surface area contributed by atoms with Crippen molar-refractivity contribution < 1.29 is 169 Å². The summed E-state index contributed by atoms with van der Waals surface area (Å²) in [6.45, 7) is -2.32. The van der Waals surface area contributed by atoms with Crippen molar-refractivity contribution in [2.45, 2.75) is 141 Å². The Labute approximate surface area is 590 Å². The topological polar surface area (TPSA) is 543 Å². The summed E-state index contributed by atoms with van der Waals surface area (Å²) in [6.07, 6.45) is -15.3. The van der Waals surface area contributed by atoms with Crippen molar-refractivity contribution in [3.05, 3.63) is 29.8 Å². The number of hydroxylamine groups is 2. The number of unbranched alkanes of at least 4 members (excludes halogenated alkanes) is 1. The van der Waals surface area contributed by atoms with Gasteiger partial charge in [0.15, 0.2) is 18.6 Å². The second kappa shape index (κ2) is 42.8. The number of nitrogens with zero attached hydrogens (tertiary/aromatic N) is 1. The summed E-state index contributed by atoms with van der Waals surface area (Å²) in [6, 6.07) is 3.07. The Balaban J connectivity index is 0.0000170. The number of aliphatic hydroxyl groups excluding tert-OH is 8. The van der Waals surface area contributed by atoms with Gasteiger partial charge < -0.3 is 125 Å². The molecular weight excluding hydrogens is 1390 g/mol. The number of benzene rings is 1. The smallest absolute Gasteiger partial charge is 0.747 e. The fraction of sp³-hybridized carbons (Fsp3) is 0.727. The largest absolute Gasteiger partial charge is 1.00 e. The molecule has 5 heterocycles. The Hall–Kier alpha value is -4.39.